The molecule has 2 rings (SSSR count). The molecular formula is C16H18ClN5O5. The van der Waals surface area contributed by atoms with Crippen LogP contribution < -0.4 is 26.1 Å². The summed E-state index contributed by atoms with van der Waals surface area (Å²) in [6.45, 7) is 2.26. The molecule has 0 aliphatic heterocycles. The first-order valence-electron chi connectivity index (χ1n) is 7.94. The highest BCUT2D eigenvalue weighted by molar-refractivity contribution is 6.32. The van der Waals surface area contributed by atoms with Crippen LogP contribution in [-0.4, -0.2) is 41.0 Å². The van der Waals surface area contributed by atoms with Crippen molar-refractivity contribution in [2.45, 2.75) is 19.8 Å². The van der Waals surface area contributed by atoms with Crippen LogP contribution in [0.4, 0.5) is 0 Å². The molecule has 0 bridgehead atoms. The Bertz CT molecular complexity index is 953. The fourth-order valence-corrected chi connectivity index (χ4v) is 2.43. The second-order valence-electron chi connectivity index (χ2n) is 5.21. The van der Waals surface area contributed by atoms with Crippen molar-refractivity contribution in [1.29, 1.82) is 0 Å². The molecule has 1 amide bonds. The first kappa shape index (κ1) is 20.2. The van der Waals surface area contributed by atoms with Gasteiger partial charge in [0.1, 0.15) is 5.69 Å². The lowest BCUT2D eigenvalue weighted by Gasteiger charge is -2.11. The lowest BCUT2D eigenvalue weighted by molar-refractivity contribution is -0.121. The first-order chi connectivity index (χ1) is 12.9. The molecule has 0 aliphatic carbocycles. The Morgan fingerprint density at radius 2 is 2.19 bits per heavy atom. The van der Waals surface area contributed by atoms with Crippen molar-refractivity contribution in [1.82, 2.24) is 20.6 Å². The summed E-state index contributed by atoms with van der Waals surface area (Å²) in [4.78, 5) is 36.2. The van der Waals surface area contributed by atoms with E-state index in [4.69, 9.17) is 21.1 Å². The van der Waals surface area contributed by atoms with Gasteiger partial charge in [0.25, 0.3) is 5.56 Å². The second-order valence-corrected chi connectivity index (χ2v) is 5.62. The molecule has 144 valence electrons. The van der Waals surface area contributed by atoms with E-state index in [0.717, 1.165) is 0 Å². The smallest absolute Gasteiger partial charge is 0.342 e. The van der Waals surface area contributed by atoms with E-state index >= 15 is 0 Å². The van der Waals surface area contributed by atoms with Gasteiger partial charge in [0, 0.05) is 12.8 Å². The Morgan fingerprint density at radius 3 is 2.85 bits per heavy atom. The minimum absolute atomic E-state index is 0.0347. The summed E-state index contributed by atoms with van der Waals surface area (Å²) in [6.07, 6.45) is 1.42. The Labute approximate surface area is 158 Å². The molecule has 0 fully saturated rings. The number of nitrogens with one attached hydrogen (secondary N) is 3. The van der Waals surface area contributed by atoms with Gasteiger partial charge in [-0.1, -0.05) is 11.6 Å². The van der Waals surface area contributed by atoms with Gasteiger partial charge in [0.2, 0.25) is 5.91 Å². The van der Waals surface area contributed by atoms with Gasteiger partial charge in [0.05, 0.1) is 25.0 Å². The van der Waals surface area contributed by atoms with Crippen LogP contribution >= 0.6 is 11.6 Å². The number of hydrogen-bond donors (Lipinski definition) is 3. The van der Waals surface area contributed by atoms with Crippen LogP contribution in [-0.2, 0) is 11.2 Å². The topological polar surface area (TPSA) is 139 Å². The highest BCUT2D eigenvalue weighted by atomic mass is 35.5. The average molecular weight is 396 g/mol. The second kappa shape index (κ2) is 9.53. The summed E-state index contributed by atoms with van der Waals surface area (Å²) in [5, 5.41) is 9.88. The van der Waals surface area contributed by atoms with Crippen molar-refractivity contribution >= 4 is 23.7 Å². The number of aromatic nitrogens is 3. The molecule has 3 N–H and O–H groups in total. The Kier molecular flexibility index (Phi) is 7.12. The number of hydrazone groups is 1. The van der Waals surface area contributed by atoms with Crippen molar-refractivity contribution in [3.05, 3.63) is 49.3 Å². The molecule has 27 heavy (non-hydrogen) atoms. The zero-order valence-electron chi connectivity index (χ0n) is 14.7. The van der Waals surface area contributed by atoms with Crippen molar-refractivity contribution in [2.24, 2.45) is 5.10 Å². The number of benzene rings is 1. The van der Waals surface area contributed by atoms with Crippen LogP contribution in [0.25, 0.3) is 0 Å². The minimum atomic E-state index is -0.706. The lowest BCUT2D eigenvalue weighted by Crippen LogP contribution is -2.28. The lowest BCUT2D eigenvalue weighted by atomic mass is 10.2. The molecule has 0 unspecified atom stereocenters. The molecule has 0 atom stereocenters. The van der Waals surface area contributed by atoms with Gasteiger partial charge in [0.15, 0.2) is 11.5 Å². The monoisotopic (exact) mass is 395 g/mol. The van der Waals surface area contributed by atoms with E-state index in [1.165, 1.54) is 13.3 Å². The molecule has 0 radical (unpaired) electrons. The van der Waals surface area contributed by atoms with Crippen LogP contribution in [0.15, 0.2) is 26.8 Å². The maximum atomic E-state index is 11.8. The maximum Gasteiger partial charge on any atom is 0.342 e. The summed E-state index contributed by atoms with van der Waals surface area (Å²) in [7, 11) is 1.49. The summed E-state index contributed by atoms with van der Waals surface area (Å²) in [5.74, 6) is 0.449. The van der Waals surface area contributed by atoms with Gasteiger partial charge in [-0.3, -0.25) is 14.6 Å². The van der Waals surface area contributed by atoms with Crippen molar-refractivity contribution in [3.8, 4) is 11.5 Å². The van der Waals surface area contributed by atoms with Gasteiger partial charge < -0.3 is 9.47 Å². The molecule has 1 heterocycles. The summed E-state index contributed by atoms with van der Waals surface area (Å²) in [6, 6.07) is 3.29. The normalized spacial score (nSPS) is 10.8. The van der Waals surface area contributed by atoms with E-state index < -0.39 is 17.2 Å². The fraction of sp³-hybridized carbons (Fsp3) is 0.312. The van der Waals surface area contributed by atoms with E-state index in [1.807, 2.05) is 11.9 Å². The zero-order valence-corrected chi connectivity index (χ0v) is 15.4. The number of hydrogen-bond acceptors (Lipinski definition) is 7. The number of aryl methyl sites for hydroxylation is 1. The molecule has 0 saturated carbocycles. The van der Waals surface area contributed by atoms with E-state index in [-0.39, 0.29) is 18.5 Å². The number of methoxy groups -OCH3 is 1. The van der Waals surface area contributed by atoms with E-state index in [2.05, 4.69) is 20.7 Å². The third-order valence-electron chi connectivity index (χ3n) is 3.31. The number of carbonyl (C=O) groups is 1. The molecule has 2 aromatic rings. The number of amides is 1. The molecule has 0 saturated heterocycles. The highest BCUT2D eigenvalue weighted by Crippen LogP contribution is 2.35. The van der Waals surface area contributed by atoms with Gasteiger partial charge >= 0.3 is 5.69 Å². The molecule has 11 heteroatoms. The van der Waals surface area contributed by atoms with Crippen LogP contribution in [0.5, 0.6) is 11.5 Å². The number of H-pyrrole nitrogens is 2. The maximum absolute atomic E-state index is 11.8. The van der Waals surface area contributed by atoms with E-state index in [0.29, 0.717) is 28.7 Å². The molecule has 1 aromatic heterocycles. The minimum Gasteiger partial charge on any atom is -0.491 e. The predicted molar refractivity (Wildman–Crippen MR) is 98.7 cm³/mol. The number of aromatic amines is 2. The Balaban J connectivity index is 1.97. The van der Waals surface area contributed by atoms with Crippen molar-refractivity contribution in [2.75, 3.05) is 13.7 Å². The van der Waals surface area contributed by atoms with Crippen LogP contribution in [0.2, 0.25) is 5.02 Å². The van der Waals surface area contributed by atoms with Crippen LogP contribution in [0, 0.1) is 0 Å². The molecular weight excluding hydrogens is 378 g/mol. The fourth-order valence-electron chi connectivity index (χ4n) is 2.13. The Morgan fingerprint density at radius 1 is 1.41 bits per heavy atom. The van der Waals surface area contributed by atoms with E-state index in [1.54, 1.807) is 12.1 Å². The summed E-state index contributed by atoms with van der Waals surface area (Å²) in [5.41, 5.74) is 1.65. The van der Waals surface area contributed by atoms with Crippen LogP contribution in [0.3, 0.4) is 0 Å². The van der Waals surface area contributed by atoms with Crippen LogP contribution in [0.1, 0.15) is 24.6 Å². The van der Waals surface area contributed by atoms with Gasteiger partial charge in [-0.25, -0.2) is 15.3 Å². The third-order valence-corrected chi connectivity index (χ3v) is 3.59. The standard InChI is InChI=1S/C16H18ClN5O5/c1-3-27-12-7-9(6-10(17)14(12)26-2)8-18-21-13(23)5-4-11-15(24)19-16(25)22-20-11/h6-8H,3-5H2,1-2H3,(H,21,23)(H2,19,22,24,25)/b18-8+. The summed E-state index contributed by atoms with van der Waals surface area (Å²) < 4.78 is 10.7. The average Bonchev–Trinajstić information content (AvgIpc) is 2.61. The zero-order chi connectivity index (χ0) is 19.8. The van der Waals surface area contributed by atoms with Crippen molar-refractivity contribution in [3.63, 3.8) is 0 Å². The third kappa shape index (κ3) is 5.68. The molecule has 0 spiro atoms. The quantitative estimate of drug-likeness (QED) is 0.442. The number of nitrogens with zero attached hydrogens (tertiary/aromatic N) is 2. The molecule has 1 aromatic carbocycles. The Hall–Kier alpha value is -3.14. The van der Waals surface area contributed by atoms with Crippen molar-refractivity contribution < 1.29 is 14.3 Å². The van der Waals surface area contributed by atoms with Gasteiger partial charge in [-0.2, -0.15) is 10.2 Å². The molecule has 0 aliphatic rings. The molecule has 10 nitrogen and oxygen atoms in total. The van der Waals surface area contributed by atoms with Gasteiger partial charge in [-0.05, 0) is 24.6 Å². The predicted octanol–water partition coefficient (Wildman–Crippen LogP) is 0.602. The van der Waals surface area contributed by atoms with E-state index in [9.17, 15) is 14.4 Å². The summed E-state index contributed by atoms with van der Waals surface area (Å²) >= 11 is 6.14. The number of ether oxygens (including phenoxy) is 2. The number of halogens is 1. The largest absolute Gasteiger partial charge is 0.491 e. The highest BCUT2D eigenvalue weighted by Gasteiger charge is 2.11. The number of carbonyl (C=O) groups excluding carboxylic acids is 1. The van der Waals surface area contributed by atoms with Gasteiger partial charge in [-0.15, -0.1) is 0 Å². The number of rotatable bonds is 8. The SMILES string of the molecule is CCOc1cc(/C=N/NC(=O)CCc2n[nH]c(=O)[nH]c2=O)cc(Cl)c1OC. The first-order valence-corrected chi connectivity index (χ1v) is 8.32.